The van der Waals surface area contributed by atoms with Crippen LogP contribution in [-0.4, -0.2) is 11.9 Å². The lowest BCUT2D eigenvalue weighted by molar-refractivity contribution is -0.118. The van der Waals surface area contributed by atoms with Crippen LogP contribution in [0.3, 0.4) is 0 Å². The first-order chi connectivity index (χ1) is 6.63. The molecule has 3 N–H and O–H groups in total. The van der Waals surface area contributed by atoms with E-state index < -0.39 is 11.9 Å². The lowest BCUT2D eigenvalue weighted by Gasteiger charge is -2.10. The van der Waals surface area contributed by atoms with E-state index in [0.29, 0.717) is 5.56 Å². The molecule has 1 aromatic rings. The molecule has 1 atom stereocenters. The highest BCUT2D eigenvalue weighted by Gasteiger charge is 2.06. The van der Waals surface area contributed by atoms with Gasteiger partial charge in [-0.25, -0.2) is 0 Å². The van der Waals surface area contributed by atoms with E-state index in [0.717, 1.165) is 5.69 Å². The maximum atomic E-state index is 10.7. The third-order valence-corrected chi connectivity index (χ3v) is 1.82. The fourth-order valence-corrected chi connectivity index (χ4v) is 0.962. The van der Waals surface area contributed by atoms with Crippen molar-refractivity contribution in [1.82, 2.24) is 0 Å². The number of nitrogens with zero attached hydrogens (tertiary/aromatic N) is 1. The van der Waals surface area contributed by atoms with Crippen LogP contribution in [0.4, 0.5) is 5.69 Å². The summed E-state index contributed by atoms with van der Waals surface area (Å²) in [5.74, 6) is -0.408. The lowest BCUT2D eigenvalue weighted by atomic mass is 10.2. The molecule has 0 heterocycles. The largest absolute Gasteiger partial charge is 0.374 e. The molecule has 1 amide bonds. The zero-order valence-electron chi connectivity index (χ0n) is 7.82. The maximum absolute atomic E-state index is 10.7. The number of nitrogens with two attached hydrogens (primary N) is 1. The fraction of sp³-hybridized carbons (Fsp3) is 0.200. The molecule has 0 spiro atoms. The predicted molar refractivity (Wildman–Crippen MR) is 53.4 cm³/mol. The van der Waals surface area contributed by atoms with Gasteiger partial charge in [-0.1, -0.05) is 0 Å². The molecule has 0 aromatic heterocycles. The molecule has 72 valence electrons. The molecular weight excluding hydrogens is 178 g/mol. The van der Waals surface area contributed by atoms with Gasteiger partial charge in [0, 0.05) is 5.69 Å². The Kier molecular flexibility index (Phi) is 3.08. The summed E-state index contributed by atoms with van der Waals surface area (Å²) < 4.78 is 0. The summed E-state index contributed by atoms with van der Waals surface area (Å²) in [7, 11) is 0. The van der Waals surface area contributed by atoms with Gasteiger partial charge in [-0.2, -0.15) is 5.26 Å². The van der Waals surface area contributed by atoms with Gasteiger partial charge in [0.15, 0.2) is 0 Å². The number of carbonyl (C=O) groups is 1. The molecule has 0 aliphatic heterocycles. The molecule has 0 saturated carbocycles. The second-order valence-electron chi connectivity index (χ2n) is 2.96. The number of primary amides is 1. The first-order valence-corrected chi connectivity index (χ1v) is 4.19. The Balaban J connectivity index is 2.70. The molecule has 4 nitrogen and oxygen atoms in total. The quantitative estimate of drug-likeness (QED) is 0.739. The fourth-order valence-electron chi connectivity index (χ4n) is 0.962. The minimum Gasteiger partial charge on any atom is -0.374 e. The Morgan fingerprint density at radius 1 is 1.50 bits per heavy atom. The van der Waals surface area contributed by atoms with Crippen molar-refractivity contribution in [2.45, 2.75) is 13.0 Å². The molecule has 0 unspecified atom stereocenters. The van der Waals surface area contributed by atoms with Crippen molar-refractivity contribution in [1.29, 1.82) is 5.26 Å². The third-order valence-electron chi connectivity index (χ3n) is 1.82. The lowest BCUT2D eigenvalue weighted by Crippen LogP contribution is -2.32. The number of hydrogen-bond acceptors (Lipinski definition) is 3. The van der Waals surface area contributed by atoms with E-state index >= 15 is 0 Å². The van der Waals surface area contributed by atoms with Crippen molar-refractivity contribution in [3.8, 4) is 6.07 Å². The van der Waals surface area contributed by atoms with Crippen molar-refractivity contribution < 1.29 is 4.79 Å². The number of anilines is 1. The summed E-state index contributed by atoms with van der Waals surface area (Å²) >= 11 is 0. The topological polar surface area (TPSA) is 78.9 Å². The minimum absolute atomic E-state index is 0.408. The van der Waals surface area contributed by atoms with E-state index in [9.17, 15) is 4.79 Å². The number of amides is 1. The number of carbonyl (C=O) groups excluding carboxylic acids is 1. The third kappa shape index (κ3) is 2.49. The smallest absolute Gasteiger partial charge is 0.239 e. The van der Waals surface area contributed by atoms with Gasteiger partial charge in [-0.15, -0.1) is 0 Å². The van der Waals surface area contributed by atoms with Gasteiger partial charge in [-0.05, 0) is 31.2 Å². The second kappa shape index (κ2) is 4.28. The van der Waals surface area contributed by atoms with Crippen LogP contribution in [0.15, 0.2) is 24.3 Å². The molecule has 0 aliphatic carbocycles. The number of rotatable bonds is 3. The molecule has 0 radical (unpaired) electrons. The van der Waals surface area contributed by atoms with Crippen molar-refractivity contribution in [3.63, 3.8) is 0 Å². The Hall–Kier alpha value is -2.02. The zero-order chi connectivity index (χ0) is 10.6. The minimum atomic E-state index is -0.414. The van der Waals surface area contributed by atoms with Crippen LogP contribution in [0.2, 0.25) is 0 Å². The monoisotopic (exact) mass is 189 g/mol. The molecular formula is C10H11N3O. The van der Waals surface area contributed by atoms with E-state index in [-0.39, 0.29) is 0 Å². The van der Waals surface area contributed by atoms with Crippen LogP contribution in [0.25, 0.3) is 0 Å². The summed E-state index contributed by atoms with van der Waals surface area (Å²) in [6.07, 6.45) is 0. The first kappa shape index (κ1) is 10.1. The van der Waals surface area contributed by atoms with Crippen molar-refractivity contribution in [3.05, 3.63) is 29.8 Å². The van der Waals surface area contributed by atoms with E-state index in [1.807, 2.05) is 6.07 Å². The average Bonchev–Trinajstić information content (AvgIpc) is 2.19. The zero-order valence-corrected chi connectivity index (χ0v) is 7.82. The Morgan fingerprint density at radius 3 is 2.50 bits per heavy atom. The highest BCUT2D eigenvalue weighted by Crippen LogP contribution is 2.09. The molecule has 0 bridgehead atoms. The Morgan fingerprint density at radius 2 is 2.07 bits per heavy atom. The molecule has 4 heteroatoms. The van der Waals surface area contributed by atoms with Crippen LogP contribution in [-0.2, 0) is 4.79 Å². The van der Waals surface area contributed by atoms with Gasteiger partial charge in [0.2, 0.25) is 5.91 Å². The van der Waals surface area contributed by atoms with Crippen LogP contribution in [0.5, 0.6) is 0 Å². The van der Waals surface area contributed by atoms with Gasteiger partial charge in [0.05, 0.1) is 11.6 Å². The van der Waals surface area contributed by atoms with E-state index in [1.165, 1.54) is 0 Å². The average molecular weight is 189 g/mol. The summed E-state index contributed by atoms with van der Waals surface area (Å²) in [4.78, 5) is 10.7. The molecule has 0 saturated heterocycles. The summed E-state index contributed by atoms with van der Waals surface area (Å²) in [6, 6.07) is 8.42. The van der Waals surface area contributed by atoms with Crippen LogP contribution in [0.1, 0.15) is 12.5 Å². The van der Waals surface area contributed by atoms with Gasteiger partial charge in [0.25, 0.3) is 0 Å². The molecule has 0 fully saturated rings. The summed E-state index contributed by atoms with van der Waals surface area (Å²) in [5.41, 5.74) is 6.44. The van der Waals surface area contributed by atoms with Crippen molar-refractivity contribution >= 4 is 11.6 Å². The van der Waals surface area contributed by atoms with Crippen LogP contribution >= 0.6 is 0 Å². The maximum Gasteiger partial charge on any atom is 0.239 e. The highest BCUT2D eigenvalue weighted by atomic mass is 16.1. The Bertz CT molecular complexity index is 364. The highest BCUT2D eigenvalue weighted by molar-refractivity contribution is 5.82. The van der Waals surface area contributed by atoms with Gasteiger partial charge in [0.1, 0.15) is 6.04 Å². The van der Waals surface area contributed by atoms with E-state index in [4.69, 9.17) is 11.0 Å². The molecule has 14 heavy (non-hydrogen) atoms. The van der Waals surface area contributed by atoms with Gasteiger partial charge in [-0.3, -0.25) is 4.79 Å². The van der Waals surface area contributed by atoms with E-state index in [1.54, 1.807) is 31.2 Å². The first-order valence-electron chi connectivity index (χ1n) is 4.19. The number of nitrogens with one attached hydrogen (secondary N) is 1. The number of hydrogen-bond donors (Lipinski definition) is 2. The normalized spacial score (nSPS) is 11.4. The van der Waals surface area contributed by atoms with Gasteiger partial charge < -0.3 is 11.1 Å². The predicted octanol–water partition coefficient (Wildman–Crippen LogP) is 0.844. The van der Waals surface area contributed by atoms with E-state index in [2.05, 4.69) is 5.32 Å². The SMILES string of the molecule is C[C@H](Nc1ccc(C#N)cc1)C(N)=O. The van der Waals surface area contributed by atoms with Crippen molar-refractivity contribution in [2.75, 3.05) is 5.32 Å². The standard InChI is InChI=1S/C10H11N3O/c1-7(10(12)14)13-9-4-2-8(6-11)3-5-9/h2-5,7,13H,1H3,(H2,12,14)/t7-/m0/s1. The molecule has 1 rings (SSSR count). The second-order valence-corrected chi connectivity index (χ2v) is 2.96. The van der Waals surface area contributed by atoms with Crippen molar-refractivity contribution in [2.24, 2.45) is 5.73 Å². The summed E-state index contributed by atoms with van der Waals surface area (Å²) in [5, 5.41) is 11.5. The van der Waals surface area contributed by atoms with Crippen LogP contribution in [0, 0.1) is 11.3 Å². The van der Waals surface area contributed by atoms with Gasteiger partial charge >= 0.3 is 0 Å². The Labute approximate surface area is 82.3 Å². The number of benzene rings is 1. The van der Waals surface area contributed by atoms with Crippen LogP contribution < -0.4 is 11.1 Å². The molecule has 1 aromatic carbocycles. The number of nitriles is 1. The molecule has 0 aliphatic rings. The summed E-state index contributed by atoms with van der Waals surface area (Å²) in [6.45, 7) is 1.68.